The Hall–Kier alpha value is -1.42. The molecular weight excluding hydrogens is 197 g/mol. The Bertz CT molecular complexity index is 366. The molecule has 0 radical (unpaired) electrons. The number of nitrogens with two attached hydrogens (primary N) is 1. The van der Waals surface area contributed by atoms with Gasteiger partial charge in [0.05, 0.1) is 0 Å². The zero-order chi connectivity index (χ0) is 11.4. The van der Waals surface area contributed by atoms with Crippen LogP contribution < -0.4 is 5.73 Å². The van der Waals surface area contributed by atoms with Crippen LogP contribution in [0.5, 0.6) is 0 Å². The smallest absolute Gasteiger partial charge is 0.320 e. The van der Waals surface area contributed by atoms with E-state index in [-0.39, 0.29) is 6.42 Å². The lowest BCUT2D eigenvalue weighted by Gasteiger charge is -2.08. The van der Waals surface area contributed by atoms with Crippen molar-refractivity contribution in [1.29, 1.82) is 0 Å². The molecule has 1 rings (SSSR count). The summed E-state index contributed by atoms with van der Waals surface area (Å²) in [7, 11) is 0. The Kier molecular flexibility index (Phi) is 3.80. The Morgan fingerprint density at radius 2 is 2.27 bits per heavy atom. The van der Waals surface area contributed by atoms with E-state index in [0.29, 0.717) is 5.56 Å². The Balaban J connectivity index is 2.83. The maximum atomic E-state index is 12.5. The summed E-state index contributed by atoms with van der Waals surface area (Å²) in [4.78, 5) is 10.5. The number of rotatable bonds is 4. The highest BCUT2D eigenvalue weighted by molar-refractivity contribution is 5.73. The van der Waals surface area contributed by atoms with Crippen molar-refractivity contribution in [1.82, 2.24) is 0 Å². The van der Waals surface area contributed by atoms with Crippen molar-refractivity contribution in [2.45, 2.75) is 26.1 Å². The molecule has 3 N–H and O–H groups in total. The molecular formula is C11H14FNO2. The number of aryl methyl sites for hydroxylation is 1. The monoisotopic (exact) mass is 211 g/mol. The third-order valence-corrected chi connectivity index (χ3v) is 2.33. The van der Waals surface area contributed by atoms with Crippen LogP contribution in [0.3, 0.4) is 0 Å². The third-order valence-electron chi connectivity index (χ3n) is 2.33. The van der Waals surface area contributed by atoms with E-state index in [4.69, 9.17) is 10.8 Å². The molecule has 82 valence electrons. The number of hydrogen-bond donors (Lipinski definition) is 2. The average Bonchev–Trinajstić information content (AvgIpc) is 2.20. The van der Waals surface area contributed by atoms with Crippen LogP contribution in [0, 0.1) is 6.92 Å². The summed E-state index contributed by atoms with van der Waals surface area (Å²) in [5.74, 6) is -1.04. The second-order valence-corrected chi connectivity index (χ2v) is 3.54. The molecule has 1 aromatic carbocycles. The lowest BCUT2D eigenvalue weighted by molar-refractivity contribution is -0.138. The maximum Gasteiger partial charge on any atom is 0.320 e. The van der Waals surface area contributed by atoms with Crippen LogP contribution in [-0.2, 0) is 17.9 Å². The molecule has 0 aliphatic carbocycles. The first kappa shape index (κ1) is 11.7. The van der Waals surface area contributed by atoms with Crippen molar-refractivity contribution >= 4 is 5.97 Å². The maximum absolute atomic E-state index is 12.5. The molecule has 0 fully saturated rings. The lowest BCUT2D eigenvalue weighted by atomic mass is 10.0. The number of carboxylic acids is 1. The number of halogens is 1. The molecule has 15 heavy (non-hydrogen) atoms. The molecule has 1 atom stereocenters. The van der Waals surface area contributed by atoms with E-state index in [2.05, 4.69) is 0 Å². The van der Waals surface area contributed by atoms with Crippen molar-refractivity contribution in [3.8, 4) is 0 Å². The van der Waals surface area contributed by atoms with Gasteiger partial charge in [-0.2, -0.15) is 0 Å². The summed E-state index contributed by atoms with van der Waals surface area (Å²) in [5.41, 5.74) is 7.59. The first-order valence-corrected chi connectivity index (χ1v) is 4.67. The van der Waals surface area contributed by atoms with Crippen LogP contribution >= 0.6 is 0 Å². The van der Waals surface area contributed by atoms with Gasteiger partial charge in [-0.15, -0.1) is 0 Å². The van der Waals surface area contributed by atoms with E-state index in [1.54, 1.807) is 18.2 Å². The molecule has 0 heterocycles. The van der Waals surface area contributed by atoms with Crippen molar-refractivity contribution in [3.63, 3.8) is 0 Å². The summed E-state index contributed by atoms with van der Waals surface area (Å²) in [5, 5.41) is 8.63. The zero-order valence-electron chi connectivity index (χ0n) is 8.53. The van der Waals surface area contributed by atoms with E-state index in [1.165, 1.54) is 0 Å². The van der Waals surface area contributed by atoms with Gasteiger partial charge in [-0.05, 0) is 30.0 Å². The van der Waals surface area contributed by atoms with Gasteiger partial charge in [0, 0.05) is 0 Å². The fraction of sp³-hybridized carbons (Fsp3) is 0.364. The van der Waals surface area contributed by atoms with Crippen molar-refractivity contribution in [2.75, 3.05) is 0 Å². The number of aliphatic carboxylic acids is 1. The zero-order valence-corrected chi connectivity index (χ0v) is 8.53. The minimum Gasteiger partial charge on any atom is -0.480 e. The fourth-order valence-corrected chi connectivity index (χ4v) is 1.34. The fourth-order valence-electron chi connectivity index (χ4n) is 1.34. The molecule has 1 unspecified atom stereocenters. The van der Waals surface area contributed by atoms with E-state index < -0.39 is 18.7 Å². The second kappa shape index (κ2) is 4.89. The second-order valence-electron chi connectivity index (χ2n) is 3.54. The van der Waals surface area contributed by atoms with Crippen molar-refractivity contribution in [3.05, 3.63) is 34.9 Å². The quantitative estimate of drug-likeness (QED) is 0.791. The number of benzene rings is 1. The minimum atomic E-state index is -1.04. The van der Waals surface area contributed by atoms with Gasteiger partial charge in [-0.25, -0.2) is 4.39 Å². The van der Waals surface area contributed by atoms with Gasteiger partial charge in [-0.1, -0.05) is 18.2 Å². The van der Waals surface area contributed by atoms with Crippen LogP contribution in [0.2, 0.25) is 0 Å². The Labute approximate surface area is 87.7 Å². The standard InChI is InChI=1S/C11H14FNO2/c1-7-2-3-8(4-9(7)6-12)5-10(13)11(14)15/h2-4,10H,5-6,13H2,1H3,(H,14,15). The number of alkyl halides is 1. The van der Waals surface area contributed by atoms with Crippen molar-refractivity contribution in [2.24, 2.45) is 5.73 Å². The van der Waals surface area contributed by atoms with E-state index in [0.717, 1.165) is 11.1 Å². The molecule has 0 bridgehead atoms. The first-order valence-electron chi connectivity index (χ1n) is 4.67. The largest absolute Gasteiger partial charge is 0.480 e. The van der Waals surface area contributed by atoms with Crippen LogP contribution in [0.25, 0.3) is 0 Å². The van der Waals surface area contributed by atoms with Crippen LogP contribution in [-0.4, -0.2) is 17.1 Å². The number of carboxylic acid groups (broad SMARTS) is 1. The summed E-state index contributed by atoms with van der Waals surface area (Å²) < 4.78 is 12.5. The van der Waals surface area contributed by atoms with Crippen LogP contribution in [0.4, 0.5) is 4.39 Å². The van der Waals surface area contributed by atoms with Gasteiger partial charge in [0.25, 0.3) is 0 Å². The van der Waals surface area contributed by atoms with E-state index >= 15 is 0 Å². The molecule has 4 heteroatoms. The topological polar surface area (TPSA) is 63.3 Å². The highest BCUT2D eigenvalue weighted by atomic mass is 19.1. The van der Waals surface area contributed by atoms with E-state index in [9.17, 15) is 9.18 Å². The summed E-state index contributed by atoms with van der Waals surface area (Å²) in [6, 6.07) is 4.29. The Morgan fingerprint density at radius 1 is 1.60 bits per heavy atom. The molecule has 0 aliphatic heterocycles. The number of hydrogen-bond acceptors (Lipinski definition) is 2. The summed E-state index contributed by atoms with van der Waals surface area (Å²) in [6.07, 6.45) is 0.225. The summed E-state index contributed by atoms with van der Waals surface area (Å²) >= 11 is 0. The van der Waals surface area contributed by atoms with Crippen LogP contribution in [0.15, 0.2) is 18.2 Å². The SMILES string of the molecule is Cc1ccc(CC(N)C(=O)O)cc1CF. The summed E-state index contributed by atoms with van der Waals surface area (Å²) in [6.45, 7) is 1.28. The third kappa shape index (κ3) is 3.02. The van der Waals surface area contributed by atoms with Gasteiger partial charge in [-0.3, -0.25) is 4.79 Å². The molecule has 1 aromatic rings. The molecule has 3 nitrogen and oxygen atoms in total. The highest BCUT2D eigenvalue weighted by Gasteiger charge is 2.12. The molecule has 0 spiro atoms. The Morgan fingerprint density at radius 3 is 2.80 bits per heavy atom. The van der Waals surface area contributed by atoms with Gasteiger partial charge in [0.15, 0.2) is 0 Å². The highest BCUT2D eigenvalue weighted by Crippen LogP contribution is 2.13. The molecule has 0 saturated carbocycles. The predicted octanol–water partition coefficient (Wildman–Crippen LogP) is 1.42. The van der Waals surface area contributed by atoms with Gasteiger partial charge in [0.1, 0.15) is 12.7 Å². The molecule has 0 saturated heterocycles. The molecule has 0 aliphatic rings. The average molecular weight is 211 g/mol. The molecule has 0 amide bonds. The minimum absolute atomic E-state index is 0.225. The van der Waals surface area contributed by atoms with Gasteiger partial charge in [0.2, 0.25) is 0 Å². The first-order chi connectivity index (χ1) is 7.04. The van der Waals surface area contributed by atoms with Gasteiger partial charge >= 0.3 is 5.97 Å². The van der Waals surface area contributed by atoms with Crippen molar-refractivity contribution < 1.29 is 14.3 Å². The van der Waals surface area contributed by atoms with E-state index in [1.807, 2.05) is 6.92 Å². The number of carbonyl (C=O) groups is 1. The predicted molar refractivity (Wildman–Crippen MR) is 55.3 cm³/mol. The van der Waals surface area contributed by atoms with Crippen LogP contribution in [0.1, 0.15) is 16.7 Å². The normalized spacial score (nSPS) is 12.5. The molecule has 0 aromatic heterocycles. The van der Waals surface area contributed by atoms with Gasteiger partial charge < -0.3 is 10.8 Å². The lowest BCUT2D eigenvalue weighted by Crippen LogP contribution is -2.32.